The minimum absolute atomic E-state index is 0.484. The first-order chi connectivity index (χ1) is 15.7. The molecule has 0 spiro atoms. The van der Waals surface area contributed by atoms with Crippen LogP contribution in [0.3, 0.4) is 0 Å². The lowest BCUT2D eigenvalue weighted by molar-refractivity contribution is 0.311. The highest BCUT2D eigenvalue weighted by Gasteiger charge is 2.41. The number of hydrogen-bond acceptors (Lipinski definition) is 5. The Morgan fingerprint density at radius 1 is 0.719 bits per heavy atom. The Morgan fingerprint density at radius 3 is 1.72 bits per heavy atom. The van der Waals surface area contributed by atoms with Gasteiger partial charge >= 0.3 is 7.60 Å². The number of benzene rings is 4. The second kappa shape index (κ2) is 10.6. The molecule has 6 heteroatoms. The molecule has 4 rings (SSSR count). The van der Waals surface area contributed by atoms with Crippen molar-refractivity contribution < 1.29 is 13.7 Å². The number of nitrogens with one attached hydrogen (secondary N) is 1. The largest absolute Gasteiger partial charge is 0.423 e. The second-order valence-electron chi connectivity index (χ2n) is 7.09. The van der Waals surface area contributed by atoms with Gasteiger partial charge in [0, 0.05) is 4.90 Å². The van der Waals surface area contributed by atoms with Crippen molar-refractivity contribution in [3.8, 4) is 5.75 Å². The van der Waals surface area contributed by atoms with Gasteiger partial charge in [-0.15, -0.1) is 11.8 Å². The van der Waals surface area contributed by atoms with Crippen LogP contribution in [-0.2, 0) is 9.19 Å². The van der Waals surface area contributed by atoms with Crippen molar-refractivity contribution in [2.24, 2.45) is 0 Å². The standard InChI is InChI=1S/C26H24NO3PS/c1-32-25-19-17-24(18-20-25)29-31(28,30-27-23-15-9-4-10-16-23)26(21-11-5-2-6-12-21)22-13-7-3-8-14-22/h2-20,26-27H,1H3. The van der Waals surface area contributed by atoms with Gasteiger partial charge in [-0.05, 0) is 53.8 Å². The lowest BCUT2D eigenvalue weighted by Gasteiger charge is -2.28. The first-order valence-corrected chi connectivity index (χ1v) is 13.0. The van der Waals surface area contributed by atoms with Gasteiger partial charge in [0.25, 0.3) is 0 Å². The lowest BCUT2D eigenvalue weighted by Crippen LogP contribution is -2.13. The van der Waals surface area contributed by atoms with Crippen LogP contribution in [0.4, 0.5) is 5.69 Å². The van der Waals surface area contributed by atoms with E-state index >= 15 is 0 Å². The van der Waals surface area contributed by atoms with Crippen LogP contribution in [0.5, 0.6) is 5.75 Å². The third-order valence-corrected chi connectivity index (χ3v) is 7.69. The Bertz CT molecular complexity index is 1120. The van der Waals surface area contributed by atoms with Gasteiger partial charge < -0.3 is 4.52 Å². The Hall–Kier alpha value is -2.98. The smallest absolute Gasteiger partial charge is 0.412 e. The van der Waals surface area contributed by atoms with Gasteiger partial charge in [0.05, 0.1) is 5.69 Å². The summed E-state index contributed by atoms with van der Waals surface area (Å²) in [5, 5.41) is 0. The Morgan fingerprint density at radius 2 is 1.22 bits per heavy atom. The van der Waals surface area contributed by atoms with E-state index in [1.165, 1.54) is 0 Å². The van der Waals surface area contributed by atoms with E-state index in [1.54, 1.807) is 11.8 Å². The molecule has 0 radical (unpaired) electrons. The summed E-state index contributed by atoms with van der Waals surface area (Å²) >= 11 is 1.63. The normalized spacial score (nSPS) is 12.8. The molecule has 0 amide bonds. The molecule has 4 aromatic rings. The molecule has 32 heavy (non-hydrogen) atoms. The molecule has 0 aromatic heterocycles. The van der Waals surface area contributed by atoms with Crippen molar-refractivity contribution in [2.75, 3.05) is 11.7 Å². The van der Waals surface area contributed by atoms with Gasteiger partial charge in [0.2, 0.25) is 0 Å². The van der Waals surface area contributed by atoms with Gasteiger partial charge in [-0.1, -0.05) is 78.9 Å². The highest BCUT2D eigenvalue weighted by molar-refractivity contribution is 7.98. The zero-order chi connectivity index (χ0) is 22.2. The molecule has 4 aromatic carbocycles. The van der Waals surface area contributed by atoms with Crippen LogP contribution in [0.25, 0.3) is 0 Å². The van der Waals surface area contributed by atoms with Crippen molar-refractivity contribution in [1.82, 2.24) is 0 Å². The van der Waals surface area contributed by atoms with E-state index in [-0.39, 0.29) is 0 Å². The van der Waals surface area contributed by atoms with Crippen molar-refractivity contribution in [1.29, 1.82) is 0 Å². The first kappa shape index (κ1) is 22.2. The van der Waals surface area contributed by atoms with E-state index in [0.717, 1.165) is 16.0 Å². The molecule has 0 heterocycles. The second-order valence-corrected chi connectivity index (χ2v) is 9.93. The van der Waals surface area contributed by atoms with E-state index in [1.807, 2.05) is 122 Å². The monoisotopic (exact) mass is 461 g/mol. The minimum atomic E-state index is -3.80. The van der Waals surface area contributed by atoms with E-state index in [4.69, 9.17) is 9.15 Å². The number of anilines is 1. The highest BCUT2D eigenvalue weighted by Crippen LogP contribution is 2.63. The average Bonchev–Trinajstić information content (AvgIpc) is 2.85. The molecule has 0 aliphatic rings. The van der Waals surface area contributed by atoms with E-state index in [0.29, 0.717) is 11.4 Å². The summed E-state index contributed by atoms with van der Waals surface area (Å²) in [5.74, 6) is 0.484. The molecule has 0 saturated carbocycles. The molecular formula is C26H24NO3PS. The van der Waals surface area contributed by atoms with Crippen molar-refractivity contribution in [3.63, 3.8) is 0 Å². The van der Waals surface area contributed by atoms with Gasteiger partial charge in [0.1, 0.15) is 11.4 Å². The third-order valence-electron chi connectivity index (χ3n) is 4.90. The summed E-state index contributed by atoms with van der Waals surface area (Å²) in [7, 11) is -3.80. The van der Waals surface area contributed by atoms with Crippen molar-refractivity contribution in [3.05, 3.63) is 126 Å². The fourth-order valence-corrected chi connectivity index (χ4v) is 5.74. The lowest BCUT2D eigenvalue weighted by atomic mass is 10.0. The highest BCUT2D eigenvalue weighted by atomic mass is 32.2. The first-order valence-electron chi connectivity index (χ1n) is 10.2. The number of thioether (sulfide) groups is 1. The summed E-state index contributed by atoms with van der Waals surface area (Å²) in [6.45, 7) is 0. The van der Waals surface area contributed by atoms with Crippen molar-refractivity contribution >= 4 is 25.0 Å². The van der Waals surface area contributed by atoms with Gasteiger partial charge in [-0.3, -0.25) is 5.48 Å². The summed E-state index contributed by atoms with van der Waals surface area (Å²) in [6, 6.07) is 36.2. The third kappa shape index (κ3) is 5.43. The molecule has 0 aliphatic heterocycles. The van der Waals surface area contributed by atoms with Crippen LogP contribution < -0.4 is 10.0 Å². The molecule has 1 atom stereocenters. The number of rotatable bonds is 9. The van der Waals surface area contributed by atoms with Gasteiger partial charge in [-0.25, -0.2) is 4.57 Å². The predicted octanol–water partition coefficient (Wildman–Crippen LogP) is 7.81. The summed E-state index contributed by atoms with van der Waals surface area (Å²) < 4.78 is 26.6. The zero-order valence-electron chi connectivity index (χ0n) is 17.6. The molecule has 4 nitrogen and oxygen atoms in total. The molecule has 0 fully saturated rings. The topological polar surface area (TPSA) is 47.6 Å². The summed E-state index contributed by atoms with van der Waals surface area (Å²) in [5.41, 5.74) is 4.61. The van der Waals surface area contributed by atoms with Crippen LogP contribution in [0.2, 0.25) is 0 Å². The SMILES string of the molecule is CSc1ccc(OP(=O)(ONc2ccccc2)C(c2ccccc2)c2ccccc2)cc1. The van der Waals surface area contributed by atoms with E-state index in [2.05, 4.69) is 5.48 Å². The van der Waals surface area contributed by atoms with Crippen LogP contribution in [-0.4, -0.2) is 6.26 Å². The van der Waals surface area contributed by atoms with Crippen LogP contribution in [0.1, 0.15) is 16.8 Å². The Labute approximate surface area is 193 Å². The maximum atomic E-state index is 14.5. The van der Waals surface area contributed by atoms with Crippen LogP contribution in [0, 0.1) is 0 Å². The molecule has 0 bridgehead atoms. The van der Waals surface area contributed by atoms with Crippen LogP contribution >= 0.6 is 19.4 Å². The maximum absolute atomic E-state index is 14.5. The minimum Gasteiger partial charge on any atom is -0.423 e. The molecular weight excluding hydrogens is 437 g/mol. The fraction of sp³-hybridized carbons (Fsp3) is 0.0769. The van der Waals surface area contributed by atoms with Gasteiger partial charge in [0.15, 0.2) is 0 Å². The number of hydrogen-bond donors (Lipinski definition) is 1. The molecule has 1 unspecified atom stereocenters. The van der Waals surface area contributed by atoms with Gasteiger partial charge in [-0.2, -0.15) is 4.62 Å². The zero-order valence-corrected chi connectivity index (χ0v) is 19.3. The molecule has 1 N–H and O–H groups in total. The summed E-state index contributed by atoms with van der Waals surface area (Å²) in [4.78, 5) is 1.10. The van der Waals surface area contributed by atoms with E-state index in [9.17, 15) is 4.57 Å². The Kier molecular flexibility index (Phi) is 7.33. The molecule has 0 saturated heterocycles. The maximum Gasteiger partial charge on any atom is 0.412 e. The predicted molar refractivity (Wildman–Crippen MR) is 132 cm³/mol. The average molecular weight is 462 g/mol. The molecule has 162 valence electrons. The van der Waals surface area contributed by atoms with Crippen molar-refractivity contribution in [2.45, 2.75) is 10.6 Å². The van der Waals surface area contributed by atoms with Crippen LogP contribution in [0.15, 0.2) is 120 Å². The quantitative estimate of drug-likeness (QED) is 0.156. The summed E-state index contributed by atoms with van der Waals surface area (Å²) in [6.07, 6.45) is 2.01. The molecule has 0 aliphatic carbocycles. The Balaban J connectivity index is 1.76. The fourth-order valence-electron chi connectivity index (χ4n) is 3.36. The number of para-hydroxylation sites is 1. The van der Waals surface area contributed by atoms with E-state index < -0.39 is 13.3 Å².